The van der Waals surface area contributed by atoms with Crippen molar-refractivity contribution in [1.29, 1.82) is 0 Å². The number of hydrogen-bond donors (Lipinski definition) is 2. The number of alkyl halides is 3. The summed E-state index contributed by atoms with van der Waals surface area (Å²) in [4.78, 5) is 0. The Morgan fingerprint density at radius 3 is 2.38 bits per heavy atom. The number of aliphatic hydroxyl groups is 1. The topological polar surface area (TPSA) is 32.3 Å². The zero-order valence-electron chi connectivity index (χ0n) is 9.98. The van der Waals surface area contributed by atoms with Gasteiger partial charge >= 0.3 is 6.18 Å². The van der Waals surface area contributed by atoms with Gasteiger partial charge in [0.15, 0.2) is 0 Å². The zero-order chi connectivity index (χ0) is 12.6. The highest BCUT2D eigenvalue weighted by Crippen LogP contribution is 2.22. The molecule has 0 aromatic rings. The van der Waals surface area contributed by atoms with Crippen LogP contribution in [0.15, 0.2) is 0 Å². The molecule has 0 saturated heterocycles. The second kappa shape index (κ2) is 7.90. The Balaban J connectivity index is 3.48. The van der Waals surface area contributed by atoms with E-state index in [1.807, 2.05) is 13.8 Å². The summed E-state index contributed by atoms with van der Waals surface area (Å²) in [5, 5.41) is 12.4. The van der Waals surface area contributed by atoms with Gasteiger partial charge in [0.1, 0.15) is 0 Å². The average Bonchev–Trinajstić information content (AvgIpc) is 2.13. The van der Waals surface area contributed by atoms with Crippen molar-refractivity contribution in [3.05, 3.63) is 0 Å². The van der Waals surface area contributed by atoms with Crippen LogP contribution in [-0.2, 0) is 0 Å². The fourth-order valence-electron chi connectivity index (χ4n) is 1.48. The number of halogens is 3. The maximum Gasteiger partial charge on any atom is 0.389 e. The van der Waals surface area contributed by atoms with Crippen molar-refractivity contribution in [2.45, 2.75) is 64.3 Å². The van der Waals surface area contributed by atoms with E-state index in [0.717, 1.165) is 12.8 Å². The second-order valence-corrected chi connectivity index (χ2v) is 4.26. The van der Waals surface area contributed by atoms with Crippen LogP contribution in [0.1, 0.15) is 46.0 Å². The zero-order valence-corrected chi connectivity index (χ0v) is 9.98. The van der Waals surface area contributed by atoms with Crippen molar-refractivity contribution in [3.63, 3.8) is 0 Å². The molecular formula is C11H22F3NO. The summed E-state index contributed by atoms with van der Waals surface area (Å²) in [6, 6.07) is 0.0221. The molecule has 5 heteroatoms. The summed E-state index contributed by atoms with van der Waals surface area (Å²) in [6.45, 7) is 4.28. The van der Waals surface area contributed by atoms with Crippen molar-refractivity contribution in [2.24, 2.45) is 0 Å². The highest BCUT2D eigenvalue weighted by molar-refractivity contribution is 4.66. The molecule has 2 unspecified atom stereocenters. The summed E-state index contributed by atoms with van der Waals surface area (Å²) in [7, 11) is 0. The minimum absolute atomic E-state index is 0.0221. The summed E-state index contributed by atoms with van der Waals surface area (Å²) in [6.07, 6.45) is -2.92. The van der Waals surface area contributed by atoms with Gasteiger partial charge < -0.3 is 10.4 Å². The van der Waals surface area contributed by atoms with Gasteiger partial charge in [0.25, 0.3) is 0 Å². The maximum atomic E-state index is 11.9. The first-order valence-corrected chi connectivity index (χ1v) is 5.83. The average molecular weight is 241 g/mol. The van der Waals surface area contributed by atoms with Gasteiger partial charge in [0.2, 0.25) is 0 Å². The largest absolute Gasteiger partial charge is 0.392 e. The minimum Gasteiger partial charge on any atom is -0.392 e. The Bertz CT molecular complexity index is 173. The molecule has 16 heavy (non-hydrogen) atoms. The molecule has 0 aliphatic heterocycles. The minimum atomic E-state index is -4.05. The fourth-order valence-corrected chi connectivity index (χ4v) is 1.48. The van der Waals surface area contributed by atoms with Gasteiger partial charge in [-0.25, -0.2) is 0 Å². The molecule has 0 rings (SSSR count). The van der Waals surface area contributed by atoms with Gasteiger partial charge in [-0.1, -0.05) is 13.3 Å². The number of aliphatic hydroxyl groups excluding tert-OH is 1. The first-order valence-electron chi connectivity index (χ1n) is 5.83. The molecule has 0 amide bonds. The molecule has 98 valence electrons. The first kappa shape index (κ1) is 15.7. The third-order valence-electron chi connectivity index (χ3n) is 2.42. The maximum absolute atomic E-state index is 11.9. The number of nitrogens with one attached hydrogen (secondary N) is 1. The SMILES string of the molecule is CCCC(O)CNC(C)CCCC(F)(F)F. The molecule has 0 aromatic carbocycles. The smallest absolute Gasteiger partial charge is 0.389 e. The van der Waals surface area contributed by atoms with E-state index < -0.39 is 18.7 Å². The lowest BCUT2D eigenvalue weighted by Crippen LogP contribution is -2.33. The molecule has 2 N–H and O–H groups in total. The van der Waals surface area contributed by atoms with Crippen LogP contribution in [0.25, 0.3) is 0 Å². The quantitative estimate of drug-likeness (QED) is 0.685. The van der Waals surface area contributed by atoms with E-state index in [1.165, 1.54) is 0 Å². The van der Waals surface area contributed by atoms with E-state index >= 15 is 0 Å². The van der Waals surface area contributed by atoms with E-state index in [2.05, 4.69) is 5.32 Å². The highest BCUT2D eigenvalue weighted by Gasteiger charge is 2.26. The lowest BCUT2D eigenvalue weighted by Gasteiger charge is -2.17. The van der Waals surface area contributed by atoms with E-state index in [1.54, 1.807) is 0 Å². The fraction of sp³-hybridized carbons (Fsp3) is 1.00. The second-order valence-electron chi connectivity index (χ2n) is 4.26. The predicted molar refractivity (Wildman–Crippen MR) is 58.3 cm³/mol. The molecule has 0 aliphatic carbocycles. The van der Waals surface area contributed by atoms with Gasteiger partial charge in [-0.15, -0.1) is 0 Å². The molecular weight excluding hydrogens is 219 g/mol. The molecule has 0 fully saturated rings. The first-order chi connectivity index (χ1) is 7.35. The number of hydrogen-bond acceptors (Lipinski definition) is 2. The number of rotatable bonds is 8. The third kappa shape index (κ3) is 10.2. The van der Waals surface area contributed by atoms with Crippen LogP contribution >= 0.6 is 0 Å². The lowest BCUT2D eigenvalue weighted by molar-refractivity contribution is -0.135. The van der Waals surface area contributed by atoms with Crippen LogP contribution in [-0.4, -0.2) is 30.0 Å². The van der Waals surface area contributed by atoms with Crippen molar-refractivity contribution in [2.75, 3.05) is 6.54 Å². The Morgan fingerprint density at radius 2 is 1.88 bits per heavy atom. The van der Waals surface area contributed by atoms with Crippen LogP contribution in [0.3, 0.4) is 0 Å². The molecule has 0 radical (unpaired) electrons. The standard InChI is InChI=1S/C11H22F3NO/c1-3-5-10(16)8-15-9(2)6-4-7-11(12,13)14/h9-10,15-16H,3-8H2,1-2H3. The predicted octanol–water partition coefficient (Wildman–Crippen LogP) is 2.86. The van der Waals surface area contributed by atoms with Crippen LogP contribution < -0.4 is 5.32 Å². The lowest BCUT2D eigenvalue weighted by atomic mass is 10.1. The van der Waals surface area contributed by atoms with Crippen molar-refractivity contribution in [1.82, 2.24) is 5.32 Å². The Labute approximate surface area is 95.2 Å². The Kier molecular flexibility index (Phi) is 7.76. The van der Waals surface area contributed by atoms with Gasteiger partial charge in [-0.3, -0.25) is 0 Å². The van der Waals surface area contributed by atoms with Gasteiger partial charge in [-0.2, -0.15) is 13.2 Å². The van der Waals surface area contributed by atoms with E-state index in [4.69, 9.17) is 0 Å². The monoisotopic (exact) mass is 241 g/mol. The van der Waals surface area contributed by atoms with Crippen LogP contribution in [0, 0.1) is 0 Å². The van der Waals surface area contributed by atoms with Gasteiger partial charge in [0, 0.05) is 19.0 Å². The van der Waals surface area contributed by atoms with E-state index in [9.17, 15) is 18.3 Å². The molecule has 0 spiro atoms. The molecule has 0 heterocycles. The summed E-state index contributed by atoms with van der Waals surface area (Å²) >= 11 is 0. The summed E-state index contributed by atoms with van der Waals surface area (Å²) in [5.74, 6) is 0. The Morgan fingerprint density at radius 1 is 1.25 bits per heavy atom. The van der Waals surface area contributed by atoms with Crippen LogP contribution in [0.5, 0.6) is 0 Å². The Hall–Kier alpha value is -0.290. The van der Waals surface area contributed by atoms with Gasteiger partial charge in [0.05, 0.1) is 6.10 Å². The van der Waals surface area contributed by atoms with Gasteiger partial charge in [-0.05, 0) is 26.2 Å². The highest BCUT2D eigenvalue weighted by atomic mass is 19.4. The molecule has 2 nitrogen and oxygen atoms in total. The molecule has 0 aliphatic rings. The van der Waals surface area contributed by atoms with Crippen molar-refractivity contribution >= 4 is 0 Å². The van der Waals surface area contributed by atoms with Crippen molar-refractivity contribution < 1.29 is 18.3 Å². The molecule has 2 atom stereocenters. The van der Waals surface area contributed by atoms with Crippen molar-refractivity contribution in [3.8, 4) is 0 Å². The molecule has 0 saturated carbocycles. The third-order valence-corrected chi connectivity index (χ3v) is 2.42. The normalized spacial score (nSPS) is 16.1. The molecule has 0 bridgehead atoms. The van der Waals surface area contributed by atoms with E-state index in [0.29, 0.717) is 13.0 Å². The summed E-state index contributed by atoms with van der Waals surface area (Å²) < 4.78 is 35.6. The molecule has 0 aromatic heterocycles. The summed E-state index contributed by atoms with van der Waals surface area (Å²) in [5.41, 5.74) is 0. The van der Waals surface area contributed by atoms with Crippen LogP contribution in [0.4, 0.5) is 13.2 Å². The van der Waals surface area contributed by atoms with E-state index in [-0.39, 0.29) is 12.5 Å². The van der Waals surface area contributed by atoms with Crippen LogP contribution in [0.2, 0.25) is 0 Å².